The Hall–Kier alpha value is -1.07. The summed E-state index contributed by atoms with van der Waals surface area (Å²) in [6.45, 7) is 2.96. The normalized spacial score (nSPS) is 20.4. The molecule has 1 aliphatic heterocycles. The third kappa shape index (κ3) is 5.13. The van der Waals surface area contributed by atoms with Crippen molar-refractivity contribution in [1.82, 2.24) is 10.6 Å². The second-order valence-corrected chi connectivity index (χ2v) is 6.38. The third-order valence-corrected chi connectivity index (χ3v) is 4.42. The summed E-state index contributed by atoms with van der Waals surface area (Å²) in [7, 11) is 0. The Morgan fingerprint density at radius 1 is 1.50 bits per heavy atom. The van der Waals surface area contributed by atoms with Crippen LogP contribution in [-0.2, 0) is 11.2 Å². The number of rotatable bonds is 5. The fourth-order valence-electron chi connectivity index (χ4n) is 2.33. The minimum Gasteiger partial charge on any atom is -0.353 e. The van der Waals surface area contributed by atoms with Crippen LogP contribution in [0.25, 0.3) is 0 Å². The van der Waals surface area contributed by atoms with Crippen molar-refractivity contribution in [1.29, 1.82) is 0 Å². The van der Waals surface area contributed by atoms with Crippen LogP contribution in [0.3, 0.4) is 0 Å². The predicted octanol–water partition coefficient (Wildman–Crippen LogP) is 1.97. The third-order valence-electron chi connectivity index (χ3n) is 3.29. The van der Waals surface area contributed by atoms with Crippen LogP contribution in [0.1, 0.15) is 18.9 Å². The molecule has 0 spiro atoms. The summed E-state index contributed by atoms with van der Waals surface area (Å²) in [4.78, 5) is 11.9. The van der Waals surface area contributed by atoms with Crippen molar-refractivity contribution >= 4 is 17.7 Å². The van der Waals surface area contributed by atoms with E-state index in [-0.39, 0.29) is 23.8 Å². The van der Waals surface area contributed by atoms with Crippen LogP contribution in [0, 0.1) is 5.82 Å². The number of hydrogen-bond acceptors (Lipinski definition) is 3. The molecule has 5 heteroatoms. The minimum atomic E-state index is -0.230. The Balaban J connectivity index is 1.74. The molecule has 1 fully saturated rings. The Kier molecular flexibility index (Phi) is 5.86. The molecule has 1 heterocycles. The second-order valence-electron chi connectivity index (χ2n) is 5.23. The lowest BCUT2D eigenvalue weighted by molar-refractivity contribution is -0.122. The largest absolute Gasteiger partial charge is 0.353 e. The molecule has 3 nitrogen and oxygen atoms in total. The highest BCUT2D eigenvalue weighted by molar-refractivity contribution is 7.99. The van der Waals surface area contributed by atoms with E-state index in [1.54, 1.807) is 12.1 Å². The molecule has 2 N–H and O–H groups in total. The predicted molar refractivity (Wildman–Crippen MR) is 81.4 cm³/mol. The molecular weight excluding hydrogens is 275 g/mol. The monoisotopic (exact) mass is 296 g/mol. The first kappa shape index (κ1) is 15.3. The van der Waals surface area contributed by atoms with Crippen molar-refractivity contribution in [2.45, 2.75) is 31.8 Å². The molecule has 0 aliphatic carbocycles. The highest BCUT2D eigenvalue weighted by Gasteiger charge is 2.17. The number of thioether (sulfide) groups is 1. The minimum absolute atomic E-state index is 0.0594. The molecule has 1 aromatic carbocycles. The first-order valence-electron chi connectivity index (χ1n) is 6.98. The van der Waals surface area contributed by atoms with E-state index in [2.05, 4.69) is 10.6 Å². The van der Waals surface area contributed by atoms with Gasteiger partial charge in [-0.1, -0.05) is 12.1 Å². The first-order chi connectivity index (χ1) is 9.63. The highest BCUT2D eigenvalue weighted by Crippen LogP contribution is 2.10. The lowest BCUT2D eigenvalue weighted by atomic mass is 10.1. The first-order valence-corrected chi connectivity index (χ1v) is 8.14. The number of halogens is 1. The number of nitrogens with one attached hydrogen (secondary N) is 2. The summed E-state index contributed by atoms with van der Waals surface area (Å²) in [5, 5.41) is 6.36. The summed E-state index contributed by atoms with van der Waals surface area (Å²) in [6.07, 6.45) is 1.25. The smallest absolute Gasteiger partial charge is 0.221 e. The molecule has 20 heavy (non-hydrogen) atoms. The van der Waals surface area contributed by atoms with Gasteiger partial charge in [-0.2, -0.15) is 11.8 Å². The average molecular weight is 296 g/mol. The van der Waals surface area contributed by atoms with Gasteiger partial charge in [-0.3, -0.25) is 4.79 Å². The van der Waals surface area contributed by atoms with Crippen molar-refractivity contribution in [3.8, 4) is 0 Å². The van der Waals surface area contributed by atoms with E-state index in [1.807, 2.05) is 18.7 Å². The van der Waals surface area contributed by atoms with Crippen molar-refractivity contribution in [2.24, 2.45) is 0 Å². The molecule has 2 rings (SSSR count). The summed E-state index contributed by atoms with van der Waals surface area (Å²) in [5.74, 6) is 1.98. The van der Waals surface area contributed by atoms with E-state index in [0.29, 0.717) is 6.42 Å². The van der Waals surface area contributed by atoms with Crippen LogP contribution in [0.15, 0.2) is 24.3 Å². The lowest BCUT2D eigenvalue weighted by Crippen LogP contribution is -2.43. The van der Waals surface area contributed by atoms with Crippen molar-refractivity contribution in [2.75, 3.05) is 18.1 Å². The highest BCUT2D eigenvalue weighted by atomic mass is 32.2. The fraction of sp³-hybridized carbons (Fsp3) is 0.533. The Morgan fingerprint density at radius 2 is 2.25 bits per heavy atom. The number of carbonyl (C=O) groups excluding carboxylic acids is 1. The van der Waals surface area contributed by atoms with E-state index >= 15 is 0 Å². The topological polar surface area (TPSA) is 41.1 Å². The van der Waals surface area contributed by atoms with Gasteiger partial charge in [0.25, 0.3) is 0 Å². The quantitative estimate of drug-likeness (QED) is 0.873. The van der Waals surface area contributed by atoms with Gasteiger partial charge in [-0.05, 0) is 31.0 Å². The van der Waals surface area contributed by atoms with Crippen LogP contribution < -0.4 is 10.6 Å². The van der Waals surface area contributed by atoms with Crippen molar-refractivity contribution in [3.63, 3.8) is 0 Å². The molecule has 0 bridgehead atoms. The van der Waals surface area contributed by atoms with Gasteiger partial charge in [0.2, 0.25) is 5.91 Å². The molecule has 2 atom stereocenters. The maximum atomic E-state index is 12.8. The Labute approximate surface area is 123 Å². The standard InChI is InChI=1S/C15H21FN2OS/c1-11(8-12-2-4-13(16)5-3-12)18-15(19)9-14-10-20-7-6-17-14/h2-5,11,14,17H,6-10H2,1H3,(H,18,19). The zero-order valence-corrected chi connectivity index (χ0v) is 12.5. The van der Waals surface area contributed by atoms with E-state index < -0.39 is 0 Å². The van der Waals surface area contributed by atoms with Gasteiger partial charge >= 0.3 is 0 Å². The van der Waals surface area contributed by atoms with Crippen LogP contribution in [0.4, 0.5) is 4.39 Å². The van der Waals surface area contributed by atoms with Gasteiger partial charge in [-0.15, -0.1) is 0 Å². The van der Waals surface area contributed by atoms with E-state index in [9.17, 15) is 9.18 Å². The van der Waals surface area contributed by atoms with Gasteiger partial charge < -0.3 is 10.6 Å². The number of amides is 1. The summed E-state index contributed by atoms with van der Waals surface area (Å²) in [6, 6.07) is 6.77. The van der Waals surface area contributed by atoms with Crippen LogP contribution in [0.5, 0.6) is 0 Å². The number of hydrogen-bond donors (Lipinski definition) is 2. The second kappa shape index (κ2) is 7.64. The molecule has 0 aromatic heterocycles. The Morgan fingerprint density at radius 3 is 2.90 bits per heavy atom. The van der Waals surface area contributed by atoms with Crippen LogP contribution in [0.2, 0.25) is 0 Å². The molecule has 110 valence electrons. The molecule has 2 unspecified atom stereocenters. The van der Waals surface area contributed by atoms with Gasteiger partial charge in [0.1, 0.15) is 5.82 Å². The average Bonchev–Trinajstić information content (AvgIpc) is 2.42. The molecular formula is C15H21FN2OS. The SMILES string of the molecule is CC(Cc1ccc(F)cc1)NC(=O)CC1CSCCN1. The van der Waals surface area contributed by atoms with Gasteiger partial charge in [-0.25, -0.2) is 4.39 Å². The van der Waals surface area contributed by atoms with E-state index in [4.69, 9.17) is 0 Å². The Bertz CT molecular complexity index is 432. The summed E-state index contributed by atoms with van der Waals surface area (Å²) >= 11 is 1.89. The molecule has 1 amide bonds. The summed E-state index contributed by atoms with van der Waals surface area (Å²) in [5.41, 5.74) is 1.03. The molecule has 1 aromatic rings. The van der Waals surface area contributed by atoms with Gasteiger partial charge in [0.15, 0.2) is 0 Å². The van der Waals surface area contributed by atoms with E-state index in [0.717, 1.165) is 30.0 Å². The lowest BCUT2D eigenvalue weighted by Gasteiger charge is -2.23. The van der Waals surface area contributed by atoms with Crippen LogP contribution >= 0.6 is 11.8 Å². The zero-order valence-electron chi connectivity index (χ0n) is 11.7. The maximum Gasteiger partial charge on any atom is 0.221 e. The molecule has 0 radical (unpaired) electrons. The number of benzene rings is 1. The number of carbonyl (C=O) groups is 1. The van der Waals surface area contributed by atoms with E-state index in [1.165, 1.54) is 12.1 Å². The molecule has 1 aliphatic rings. The van der Waals surface area contributed by atoms with Crippen LogP contribution in [-0.4, -0.2) is 36.0 Å². The van der Waals surface area contributed by atoms with Gasteiger partial charge in [0.05, 0.1) is 0 Å². The molecule has 0 saturated carbocycles. The summed E-state index contributed by atoms with van der Waals surface area (Å²) < 4.78 is 12.8. The zero-order chi connectivity index (χ0) is 14.4. The van der Waals surface area contributed by atoms with Crippen molar-refractivity contribution < 1.29 is 9.18 Å². The fourth-order valence-corrected chi connectivity index (χ4v) is 3.28. The van der Waals surface area contributed by atoms with Gasteiger partial charge in [0, 0.05) is 36.6 Å². The van der Waals surface area contributed by atoms with Crippen molar-refractivity contribution in [3.05, 3.63) is 35.6 Å². The molecule has 1 saturated heterocycles. The maximum absolute atomic E-state index is 12.8.